The van der Waals surface area contributed by atoms with Crippen molar-refractivity contribution in [3.8, 4) is 0 Å². The fraction of sp³-hybridized carbons (Fsp3) is 0.143. The van der Waals surface area contributed by atoms with Crippen LogP contribution in [0.1, 0.15) is 5.56 Å². The SMILES string of the molecule is Nc1cc(Cl)c(F)cc1C(F)(F)F. The molecule has 0 aliphatic carbocycles. The molecule has 0 unspecified atom stereocenters. The molecule has 0 heterocycles. The van der Waals surface area contributed by atoms with Crippen LogP contribution < -0.4 is 5.73 Å². The topological polar surface area (TPSA) is 26.0 Å². The lowest BCUT2D eigenvalue weighted by atomic mass is 10.1. The third-order valence-electron chi connectivity index (χ3n) is 1.40. The summed E-state index contributed by atoms with van der Waals surface area (Å²) in [4.78, 5) is 0. The summed E-state index contributed by atoms with van der Waals surface area (Å²) in [5.74, 6) is -1.14. The van der Waals surface area contributed by atoms with Crippen molar-refractivity contribution in [2.45, 2.75) is 6.18 Å². The number of alkyl halides is 3. The van der Waals surface area contributed by atoms with Gasteiger partial charge in [-0.2, -0.15) is 13.2 Å². The van der Waals surface area contributed by atoms with Crippen LogP contribution in [0.15, 0.2) is 12.1 Å². The molecule has 0 bridgehead atoms. The molecule has 1 rings (SSSR count). The van der Waals surface area contributed by atoms with Crippen LogP contribution in [0.3, 0.4) is 0 Å². The Morgan fingerprint density at radius 3 is 2.23 bits per heavy atom. The molecule has 1 nitrogen and oxygen atoms in total. The number of benzene rings is 1. The molecule has 0 radical (unpaired) electrons. The van der Waals surface area contributed by atoms with Crippen molar-refractivity contribution in [1.82, 2.24) is 0 Å². The standard InChI is InChI=1S/C7H4ClF4N/c8-4-2-6(13)3(1-5(4)9)7(10,11)12/h1-2H,13H2. The molecule has 1 aromatic rings. The minimum atomic E-state index is -4.66. The Bertz CT molecular complexity index is 334. The highest BCUT2D eigenvalue weighted by Gasteiger charge is 2.33. The number of rotatable bonds is 0. The monoisotopic (exact) mass is 213 g/mol. The van der Waals surface area contributed by atoms with Crippen molar-refractivity contribution < 1.29 is 17.6 Å². The number of nitrogen functional groups attached to an aromatic ring is 1. The van der Waals surface area contributed by atoms with Crippen LogP contribution in [-0.2, 0) is 6.18 Å². The second-order valence-corrected chi connectivity index (χ2v) is 2.76. The van der Waals surface area contributed by atoms with E-state index in [1.807, 2.05) is 0 Å². The van der Waals surface area contributed by atoms with Gasteiger partial charge in [-0.15, -0.1) is 0 Å². The fourth-order valence-corrected chi connectivity index (χ4v) is 0.980. The van der Waals surface area contributed by atoms with Gasteiger partial charge in [0, 0.05) is 5.69 Å². The van der Waals surface area contributed by atoms with Crippen LogP contribution in [0.5, 0.6) is 0 Å². The average molecular weight is 214 g/mol. The van der Waals surface area contributed by atoms with Gasteiger partial charge in [0.1, 0.15) is 5.82 Å². The van der Waals surface area contributed by atoms with Gasteiger partial charge in [-0.1, -0.05) is 11.6 Å². The minimum absolute atomic E-state index is 0.275. The predicted octanol–water partition coefficient (Wildman–Crippen LogP) is 3.08. The lowest BCUT2D eigenvalue weighted by Crippen LogP contribution is -2.09. The molecule has 0 aliphatic heterocycles. The van der Waals surface area contributed by atoms with E-state index in [2.05, 4.69) is 0 Å². The summed E-state index contributed by atoms with van der Waals surface area (Å²) in [6.07, 6.45) is -4.66. The minimum Gasteiger partial charge on any atom is -0.398 e. The molecule has 0 fully saturated rings. The average Bonchev–Trinajstić information content (AvgIpc) is 1.94. The Labute approximate surface area is 76.1 Å². The zero-order chi connectivity index (χ0) is 10.2. The van der Waals surface area contributed by atoms with E-state index in [1.54, 1.807) is 0 Å². The number of hydrogen-bond donors (Lipinski definition) is 1. The van der Waals surface area contributed by atoms with Crippen LogP contribution in [-0.4, -0.2) is 0 Å². The van der Waals surface area contributed by atoms with Crippen molar-refractivity contribution in [3.05, 3.63) is 28.5 Å². The fourth-order valence-electron chi connectivity index (χ4n) is 0.808. The van der Waals surface area contributed by atoms with E-state index in [1.165, 1.54) is 0 Å². The van der Waals surface area contributed by atoms with Crippen molar-refractivity contribution in [2.75, 3.05) is 5.73 Å². The van der Waals surface area contributed by atoms with Crippen molar-refractivity contribution in [3.63, 3.8) is 0 Å². The Hall–Kier alpha value is -0.970. The van der Waals surface area contributed by atoms with Gasteiger partial charge in [-0.3, -0.25) is 0 Å². The Kier molecular flexibility index (Phi) is 2.38. The quantitative estimate of drug-likeness (QED) is 0.520. The first kappa shape index (κ1) is 10.1. The van der Waals surface area contributed by atoms with Gasteiger partial charge >= 0.3 is 6.18 Å². The summed E-state index contributed by atoms with van der Waals surface area (Å²) < 4.78 is 48.8. The van der Waals surface area contributed by atoms with Crippen molar-refractivity contribution in [1.29, 1.82) is 0 Å². The molecule has 0 aromatic heterocycles. The maximum Gasteiger partial charge on any atom is 0.418 e. The molecule has 6 heteroatoms. The number of hydrogen-bond acceptors (Lipinski definition) is 1. The highest BCUT2D eigenvalue weighted by atomic mass is 35.5. The predicted molar refractivity (Wildman–Crippen MR) is 40.8 cm³/mol. The molecule has 13 heavy (non-hydrogen) atoms. The molecule has 0 atom stereocenters. The van der Waals surface area contributed by atoms with Gasteiger partial charge in [0.05, 0.1) is 10.6 Å². The first-order chi connectivity index (χ1) is 5.82. The first-order valence-corrected chi connectivity index (χ1v) is 3.52. The van der Waals surface area contributed by atoms with Crippen LogP contribution in [0.2, 0.25) is 5.02 Å². The lowest BCUT2D eigenvalue weighted by Gasteiger charge is -2.09. The maximum atomic E-state index is 12.6. The summed E-state index contributed by atoms with van der Waals surface area (Å²) in [5.41, 5.74) is 3.21. The van der Waals surface area contributed by atoms with E-state index in [9.17, 15) is 17.6 Å². The van der Waals surface area contributed by atoms with Crippen LogP contribution in [0, 0.1) is 5.82 Å². The van der Waals surface area contributed by atoms with Crippen molar-refractivity contribution >= 4 is 17.3 Å². The first-order valence-electron chi connectivity index (χ1n) is 3.14. The van der Waals surface area contributed by atoms with E-state index in [0.717, 1.165) is 6.07 Å². The van der Waals surface area contributed by atoms with Crippen molar-refractivity contribution in [2.24, 2.45) is 0 Å². The Morgan fingerprint density at radius 2 is 1.77 bits per heavy atom. The smallest absolute Gasteiger partial charge is 0.398 e. The third-order valence-corrected chi connectivity index (χ3v) is 1.69. The summed E-state index contributed by atoms with van der Waals surface area (Å²) in [6, 6.07) is 1.01. The summed E-state index contributed by atoms with van der Waals surface area (Å²) in [7, 11) is 0. The van der Waals surface area contributed by atoms with E-state index in [4.69, 9.17) is 17.3 Å². The van der Waals surface area contributed by atoms with Crippen LogP contribution in [0.4, 0.5) is 23.2 Å². The number of nitrogens with two attached hydrogens (primary N) is 1. The van der Waals surface area contributed by atoms with Crippen LogP contribution >= 0.6 is 11.6 Å². The second-order valence-electron chi connectivity index (χ2n) is 2.35. The third kappa shape index (κ3) is 2.03. The molecule has 0 amide bonds. The zero-order valence-electron chi connectivity index (χ0n) is 6.12. The molecule has 2 N–H and O–H groups in total. The van der Waals surface area contributed by atoms with Gasteiger partial charge in [-0.05, 0) is 12.1 Å². The van der Waals surface area contributed by atoms with Gasteiger partial charge in [0.25, 0.3) is 0 Å². The van der Waals surface area contributed by atoms with Gasteiger partial charge in [0.2, 0.25) is 0 Å². The maximum absolute atomic E-state index is 12.6. The van der Waals surface area contributed by atoms with Gasteiger partial charge < -0.3 is 5.73 Å². The van der Waals surface area contributed by atoms with E-state index >= 15 is 0 Å². The van der Waals surface area contributed by atoms with E-state index in [-0.39, 0.29) is 6.07 Å². The molecular weight excluding hydrogens is 210 g/mol. The Balaban J connectivity index is 3.32. The molecular formula is C7H4ClF4N. The van der Waals surface area contributed by atoms with E-state index in [0.29, 0.717) is 0 Å². The molecule has 0 spiro atoms. The van der Waals surface area contributed by atoms with Crippen LogP contribution in [0.25, 0.3) is 0 Å². The highest BCUT2D eigenvalue weighted by molar-refractivity contribution is 6.31. The second kappa shape index (κ2) is 3.06. The Morgan fingerprint density at radius 1 is 1.23 bits per heavy atom. The molecule has 0 saturated heterocycles. The lowest BCUT2D eigenvalue weighted by molar-refractivity contribution is -0.137. The highest BCUT2D eigenvalue weighted by Crippen LogP contribution is 2.35. The molecule has 0 aliphatic rings. The van der Waals surface area contributed by atoms with E-state index < -0.39 is 28.3 Å². The zero-order valence-corrected chi connectivity index (χ0v) is 6.88. The number of halogens is 5. The largest absolute Gasteiger partial charge is 0.418 e. The molecule has 1 aromatic carbocycles. The summed E-state index contributed by atoms with van der Waals surface area (Å²) in [6.45, 7) is 0. The van der Waals surface area contributed by atoms with Gasteiger partial charge in [-0.25, -0.2) is 4.39 Å². The molecule has 72 valence electrons. The number of anilines is 1. The summed E-state index contributed by atoms with van der Waals surface area (Å²) in [5, 5.41) is -0.425. The van der Waals surface area contributed by atoms with Gasteiger partial charge in [0.15, 0.2) is 0 Å². The molecule has 0 saturated carbocycles. The summed E-state index contributed by atoms with van der Waals surface area (Å²) >= 11 is 5.21. The normalized spacial score (nSPS) is 11.8.